The van der Waals surface area contributed by atoms with Crippen molar-refractivity contribution in [1.82, 2.24) is 0 Å². The van der Waals surface area contributed by atoms with E-state index in [1.807, 2.05) is 30.3 Å². The summed E-state index contributed by atoms with van der Waals surface area (Å²) in [5.41, 5.74) is 1.12. The molecule has 0 N–H and O–H groups in total. The Labute approximate surface area is 80.2 Å². The third kappa shape index (κ3) is 1.51. The van der Waals surface area contributed by atoms with Gasteiger partial charge in [0, 0.05) is 13.7 Å². The molecule has 1 saturated carbocycles. The van der Waals surface area contributed by atoms with Crippen LogP contribution >= 0.6 is 0 Å². The number of rotatable bonds is 1. The molecule has 1 heteroatoms. The van der Waals surface area contributed by atoms with Crippen LogP contribution in [-0.2, 0) is 4.79 Å². The lowest BCUT2D eigenvalue weighted by Gasteiger charge is -2.13. The third-order valence-electron chi connectivity index (χ3n) is 2.82. The first-order valence-electron chi connectivity index (χ1n) is 5.20. The van der Waals surface area contributed by atoms with Crippen molar-refractivity contribution < 1.29 is 6.17 Å². The molecule has 2 atom stereocenters. The van der Waals surface area contributed by atoms with E-state index in [9.17, 15) is 4.79 Å². The normalized spacial score (nSPS) is 34.7. The van der Waals surface area contributed by atoms with Gasteiger partial charge in [-0.15, -0.1) is 0 Å². The molecular formula is C12H14O. The van der Waals surface area contributed by atoms with Crippen LogP contribution in [0.15, 0.2) is 30.3 Å². The Hall–Kier alpha value is -1.11. The fourth-order valence-electron chi connectivity index (χ4n) is 1.99. The van der Waals surface area contributed by atoms with Crippen LogP contribution < -0.4 is 0 Å². The zero-order valence-corrected chi connectivity index (χ0v) is 7.79. The van der Waals surface area contributed by atoms with Crippen LogP contribution in [0.2, 0.25) is 0 Å². The minimum atomic E-state index is -0.915. The lowest BCUT2D eigenvalue weighted by Crippen LogP contribution is -2.08. The summed E-state index contributed by atoms with van der Waals surface area (Å²) in [6, 6.07) is 9.91. The van der Waals surface area contributed by atoms with E-state index in [1.54, 1.807) is 6.92 Å². The van der Waals surface area contributed by atoms with Gasteiger partial charge in [0.05, 0.1) is 0 Å². The second kappa shape index (κ2) is 3.33. The molecular weight excluding hydrogens is 160 g/mol. The van der Waals surface area contributed by atoms with E-state index in [-0.39, 0.29) is 11.7 Å². The Balaban J connectivity index is 2.33. The standard InChI is InChI=1S/C12H14O/c1-9-11(7-8-12(9)13)10-5-3-2-4-6-10/h2-6,9,11H,7-8H2,1H3/t9-,11+/m1/s1/i9D. The van der Waals surface area contributed by atoms with Crippen LogP contribution in [0.25, 0.3) is 0 Å². The SMILES string of the molecule is [2H][C@]1(C)C(=O)CC[C@@H]1c1ccccc1. The predicted molar refractivity (Wildman–Crippen MR) is 52.6 cm³/mol. The van der Waals surface area contributed by atoms with Crippen molar-refractivity contribution in [2.75, 3.05) is 0 Å². The van der Waals surface area contributed by atoms with Gasteiger partial charge in [0.1, 0.15) is 5.78 Å². The van der Waals surface area contributed by atoms with Gasteiger partial charge in [-0.25, -0.2) is 0 Å². The van der Waals surface area contributed by atoms with Gasteiger partial charge in [-0.3, -0.25) is 4.79 Å². The molecule has 1 aliphatic rings. The fraction of sp³-hybridized carbons (Fsp3) is 0.417. The largest absolute Gasteiger partial charge is 0.299 e. The van der Waals surface area contributed by atoms with Gasteiger partial charge in [-0.1, -0.05) is 37.3 Å². The maximum absolute atomic E-state index is 11.5. The summed E-state index contributed by atoms with van der Waals surface area (Å²) >= 11 is 0. The maximum atomic E-state index is 11.5. The quantitative estimate of drug-likeness (QED) is 0.641. The zero-order chi connectivity index (χ0) is 10.2. The van der Waals surface area contributed by atoms with Crippen molar-refractivity contribution in [2.24, 2.45) is 5.89 Å². The van der Waals surface area contributed by atoms with E-state index in [0.717, 1.165) is 12.0 Å². The van der Waals surface area contributed by atoms with Crippen LogP contribution in [0.5, 0.6) is 0 Å². The van der Waals surface area contributed by atoms with Crippen molar-refractivity contribution >= 4 is 5.78 Å². The minimum absolute atomic E-state index is 0.0753. The summed E-state index contributed by atoms with van der Waals surface area (Å²) < 4.78 is 8.04. The van der Waals surface area contributed by atoms with Gasteiger partial charge in [0.15, 0.2) is 0 Å². The van der Waals surface area contributed by atoms with E-state index >= 15 is 0 Å². The molecule has 0 aromatic heterocycles. The number of carbonyl (C=O) groups is 1. The molecule has 0 amide bonds. The molecule has 0 bridgehead atoms. The Kier molecular flexibility index (Phi) is 1.87. The molecule has 1 aromatic rings. The molecule has 1 aromatic carbocycles. The molecule has 0 aliphatic heterocycles. The molecule has 68 valence electrons. The van der Waals surface area contributed by atoms with Gasteiger partial charge >= 0.3 is 0 Å². The lowest BCUT2D eigenvalue weighted by atomic mass is 9.90. The highest BCUT2D eigenvalue weighted by Crippen LogP contribution is 2.36. The van der Waals surface area contributed by atoms with Crippen LogP contribution in [0, 0.1) is 5.89 Å². The topological polar surface area (TPSA) is 17.1 Å². The Morgan fingerprint density at radius 1 is 1.38 bits per heavy atom. The Morgan fingerprint density at radius 3 is 2.62 bits per heavy atom. The molecule has 1 nitrogen and oxygen atoms in total. The molecule has 0 saturated heterocycles. The molecule has 1 aliphatic carbocycles. The number of hydrogen-bond donors (Lipinski definition) is 0. The number of benzene rings is 1. The first-order chi connectivity index (χ1) is 6.62. The first kappa shape index (κ1) is 7.31. The molecule has 2 rings (SSSR count). The highest BCUT2D eigenvalue weighted by Gasteiger charge is 2.31. The molecule has 0 spiro atoms. The summed E-state index contributed by atoms with van der Waals surface area (Å²) in [6.45, 7) is 1.74. The van der Waals surface area contributed by atoms with Crippen molar-refractivity contribution in [3.63, 3.8) is 0 Å². The van der Waals surface area contributed by atoms with Gasteiger partial charge in [0.2, 0.25) is 0 Å². The summed E-state index contributed by atoms with van der Waals surface area (Å²) in [5, 5.41) is 0. The highest BCUT2D eigenvalue weighted by atomic mass is 16.1. The highest BCUT2D eigenvalue weighted by molar-refractivity contribution is 5.84. The third-order valence-corrected chi connectivity index (χ3v) is 2.82. The number of Topliss-reactive ketones (excluding diaryl/α,β-unsaturated/α-hetero) is 1. The monoisotopic (exact) mass is 175 g/mol. The van der Waals surface area contributed by atoms with Crippen molar-refractivity contribution in [3.8, 4) is 0 Å². The van der Waals surface area contributed by atoms with Gasteiger partial charge in [-0.05, 0) is 17.9 Å². The molecule has 0 radical (unpaired) electrons. The summed E-state index contributed by atoms with van der Waals surface area (Å²) in [7, 11) is 0. The number of carbonyl (C=O) groups excluding carboxylic acids is 1. The molecule has 0 unspecified atom stereocenters. The zero-order valence-electron chi connectivity index (χ0n) is 8.79. The number of hydrogen-bond acceptors (Lipinski definition) is 1. The van der Waals surface area contributed by atoms with E-state index in [4.69, 9.17) is 1.37 Å². The summed E-state index contributed by atoms with van der Waals surface area (Å²) in [5.74, 6) is -0.760. The van der Waals surface area contributed by atoms with E-state index in [2.05, 4.69) is 0 Å². The summed E-state index contributed by atoms with van der Waals surface area (Å²) in [6.07, 6.45) is 1.38. The minimum Gasteiger partial charge on any atom is -0.299 e. The van der Waals surface area contributed by atoms with E-state index in [1.165, 1.54) is 0 Å². The second-order valence-electron chi connectivity index (χ2n) is 3.61. The molecule has 1 fully saturated rings. The smallest absolute Gasteiger partial charge is 0.136 e. The molecule has 0 heterocycles. The van der Waals surface area contributed by atoms with Crippen LogP contribution in [0.4, 0.5) is 0 Å². The fourth-order valence-corrected chi connectivity index (χ4v) is 1.99. The van der Waals surface area contributed by atoms with Crippen LogP contribution in [0.1, 0.15) is 32.6 Å². The Bertz CT molecular complexity index is 343. The average Bonchev–Trinajstić information content (AvgIpc) is 2.44. The maximum Gasteiger partial charge on any atom is 0.136 e. The van der Waals surface area contributed by atoms with Crippen molar-refractivity contribution in [2.45, 2.75) is 25.7 Å². The van der Waals surface area contributed by atoms with Crippen molar-refractivity contribution in [3.05, 3.63) is 35.9 Å². The predicted octanol–water partition coefficient (Wildman–Crippen LogP) is 2.77. The van der Waals surface area contributed by atoms with Gasteiger partial charge in [0.25, 0.3) is 0 Å². The Morgan fingerprint density at radius 2 is 2.08 bits per heavy atom. The van der Waals surface area contributed by atoms with Crippen LogP contribution in [0.3, 0.4) is 0 Å². The number of ketones is 1. The first-order valence-corrected chi connectivity index (χ1v) is 4.70. The second-order valence-corrected chi connectivity index (χ2v) is 3.61. The van der Waals surface area contributed by atoms with Gasteiger partial charge in [-0.2, -0.15) is 0 Å². The van der Waals surface area contributed by atoms with Crippen LogP contribution in [-0.4, -0.2) is 5.78 Å². The van der Waals surface area contributed by atoms with E-state index < -0.39 is 5.89 Å². The molecule has 13 heavy (non-hydrogen) atoms. The van der Waals surface area contributed by atoms with Gasteiger partial charge < -0.3 is 0 Å². The summed E-state index contributed by atoms with van der Waals surface area (Å²) in [4.78, 5) is 11.5. The van der Waals surface area contributed by atoms with Crippen molar-refractivity contribution in [1.29, 1.82) is 0 Å². The average molecular weight is 175 g/mol. The van der Waals surface area contributed by atoms with E-state index in [0.29, 0.717) is 6.42 Å². The lowest BCUT2D eigenvalue weighted by molar-refractivity contribution is -0.120.